The summed E-state index contributed by atoms with van der Waals surface area (Å²) >= 11 is 0. The molecule has 5 N–H and O–H groups in total. The summed E-state index contributed by atoms with van der Waals surface area (Å²) in [6.07, 6.45) is 3.48. The normalized spacial score (nSPS) is 18.7. The van der Waals surface area contributed by atoms with Crippen LogP contribution in [0, 0.1) is 6.92 Å². The van der Waals surface area contributed by atoms with Crippen molar-refractivity contribution in [2.24, 2.45) is 0 Å². The number of methoxy groups -OCH3 is 1. The monoisotopic (exact) mass is 399 g/mol. The second-order valence-electron chi connectivity index (χ2n) is 7.17. The SMILES string of the molecule is COc1ccc(C)cc1C(=O)c1cnc(NC2CCC(NC(=O)O)CC2)nc1N. The molecule has 1 saturated carbocycles. The highest BCUT2D eigenvalue weighted by molar-refractivity contribution is 6.13. The van der Waals surface area contributed by atoms with Crippen molar-refractivity contribution in [3.8, 4) is 5.75 Å². The average molecular weight is 399 g/mol. The third-order valence-electron chi connectivity index (χ3n) is 5.05. The van der Waals surface area contributed by atoms with Crippen molar-refractivity contribution in [3.63, 3.8) is 0 Å². The van der Waals surface area contributed by atoms with Gasteiger partial charge in [-0.3, -0.25) is 4.79 Å². The number of carbonyl (C=O) groups is 2. The molecule has 1 aromatic carbocycles. The molecule has 0 aliphatic heterocycles. The van der Waals surface area contributed by atoms with Crippen molar-refractivity contribution < 1.29 is 19.4 Å². The van der Waals surface area contributed by atoms with Crippen molar-refractivity contribution in [3.05, 3.63) is 41.1 Å². The Balaban J connectivity index is 1.69. The lowest BCUT2D eigenvalue weighted by Crippen LogP contribution is -2.39. The second-order valence-corrected chi connectivity index (χ2v) is 7.17. The first-order chi connectivity index (χ1) is 13.9. The number of aryl methyl sites for hydroxylation is 1. The number of hydrogen-bond acceptors (Lipinski definition) is 7. The number of rotatable bonds is 6. The van der Waals surface area contributed by atoms with Crippen LogP contribution in [0.5, 0.6) is 5.75 Å². The van der Waals surface area contributed by atoms with E-state index in [0.717, 1.165) is 31.2 Å². The van der Waals surface area contributed by atoms with Crippen LogP contribution in [0.4, 0.5) is 16.6 Å². The number of nitrogens with two attached hydrogens (primary N) is 1. The number of ketones is 1. The lowest BCUT2D eigenvalue weighted by atomic mass is 9.91. The number of ether oxygens (including phenoxy) is 1. The van der Waals surface area contributed by atoms with E-state index >= 15 is 0 Å². The van der Waals surface area contributed by atoms with E-state index in [-0.39, 0.29) is 29.2 Å². The zero-order valence-corrected chi connectivity index (χ0v) is 16.4. The van der Waals surface area contributed by atoms with E-state index in [4.69, 9.17) is 15.6 Å². The maximum atomic E-state index is 12.9. The van der Waals surface area contributed by atoms with Crippen LogP contribution in [-0.2, 0) is 0 Å². The fourth-order valence-electron chi connectivity index (χ4n) is 3.52. The fraction of sp³-hybridized carbons (Fsp3) is 0.400. The molecule has 0 atom stereocenters. The molecular formula is C20H25N5O4. The van der Waals surface area contributed by atoms with Crippen molar-refractivity contribution in [2.75, 3.05) is 18.2 Å². The largest absolute Gasteiger partial charge is 0.496 e. The Morgan fingerprint density at radius 1 is 1.17 bits per heavy atom. The van der Waals surface area contributed by atoms with Crippen LogP contribution in [0.3, 0.4) is 0 Å². The number of carbonyl (C=O) groups excluding carboxylic acids is 1. The van der Waals surface area contributed by atoms with Crippen LogP contribution in [0.15, 0.2) is 24.4 Å². The van der Waals surface area contributed by atoms with Gasteiger partial charge in [0.2, 0.25) is 11.7 Å². The molecule has 1 heterocycles. The highest BCUT2D eigenvalue weighted by Crippen LogP contribution is 2.26. The molecule has 0 spiro atoms. The first-order valence-corrected chi connectivity index (χ1v) is 9.45. The maximum Gasteiger partial charge on any atom is 0.404 e. The molecule has 1 fully saturated rings. The van der Waals surface area contributed by atoms with Gasteiger partial charge in [-0.2, -0.15) is 4.98 Å². The smallest absolute Gasteiger partial charge is 0.404 e. The lowest BCUT2D eigenvalue weighted by molar-refractivity contribution is 0.103. The third kappa shape index (κ3) is 4.92. The summed E-state index contributed by atoms with van der Waals surface area (Å²) in [6, 6.07) is 5.45. The number of carboxylic acid groups (broad SMARTS) is 1. The van der Waals surface area contributed by atoms with Crippen LogP contribution in [0.25, 0.3) is 0 Å². The molecule has 1 aliphatic carbocycles. The quantitative estimate of drug-likeness (QED) is 0.544. The number of amides is 1. The van der Waals surface area contributed by atoms with Crippen LogP contribution >= 0.6 is 0 Å². The molecule has 0 unspecified atom stereocenters. The van der Waals surface area contributed by atoms with Gasteiger partial charge >= 0.3 is 6.09 Å². The van der Waals surface area contributed by atoms with Gasteiger partial charge in [-0.05, 0) is 44.7 Å². The van der Waals surface area contributed by atoms with Crippen molar-refractivity contribution in [2.45, 2.75) is 44.7 Å². The standard InChI is InChI=1S/C20H25N5O4/c1-11-3-8-16(29-2)14(9-11)17(26)15-10-22-19(25-18(15)21)23-12-4-6-13(7-5-12)24-20(27)28/h3,8-10,12-13,24H,4-7H2,1-2H3,(H,27,28)(H3,21,22,23,25). The summed E-state index contributed by atoms with van der Waals surface area (Å²) in [5.41, 5.74) is 7.60. The van der Waals surface area contributed by atoms with Gasteiger partial charge in [-0.1, -0.05) is 11.6 Å². The topological polar surface area (TPSA) is 139 Å². The Morgan fingerprint density at radius 3 is 2.48 bits per heavy atom. The number of nitrogen functional groups attached to an aromatic ring is 1. The molecule has 9 heteroatoms. The summed E-state index contributed by atoms with van der Waals surface area (Å²) in [7, 11) is 1.51. The zero-order chi connectivity index (χ0) is 21.0. The number of nitrogens with one attached hydrogen (secondary N) is 2. The summed E-state index contributed by atoms with van der Waals surface area (Å²) < 4.78 is 5.28. The van der Waals surface area contributed by atoms with E-state index in [9.17, 15) is 9.59 Å². The van der Waals surface area contributed by atoms with Crippen molar-refractivity contribution in [1.82, 2.24) is 15.3 Å². The predicted molar refractivity (Wildman–Crippen MR) is 108 cm³/mol. The minimum Gasteiger partial charge on any atom is -0.496 e. The Kier molecular flexibility index (Phi) is 6.16. The van der Waals surface area contributed by atoms with Gasteiger partial charge in [0.25, 0.3) is 0 Å². The van der Waals surface area contributed by atoms with Gasteiger partial charge in [0.1, 0.15) is 11.6 Å². The molecule has 1 aliphatic rings. The third-order valence-corrected chi connectivity index (χ3v) is 5.05. The first kappa shape index (κ1) is 20.4. The maximum absolute atomic E-state index is 12.9. The van der Waals surface area contributed by atoms with E-state index in [1.807, 2.05) is 13.0 Å². The molecule has 3 rings (SSSR count). The highest BCUT2D eigenvalue weighted by Gasteiger charge is 2.24. The molecule has 0 bridgehead atoms. The summed E-state index contributed by atoms with van der Waals surface area (Å²) in [5.74, 6) is 0.617. The number of anilines is 2. The van der Waals surface area contributed by atoms with Gasteiger partial charge < -0.3 is 26.2 Å². The lowest BCUT2D eigenvalue weighted by Gasteiger charge is -2.28. The van der Waals surface area contributed by atoms with Gasteiger partial charge in [0, 0.05) is 18.3 Å². The molecule has 2 aromatic rings. The number of aromatic nitrogens is 2. The Morgan fingerprint density at radius 2 is 1.86 bits per heavy atom. The minimum atomic E-state index is -0.997. The second kappa shape index (κ2) is 8.76. The Labute approximate surface area is 168 Å². The minimum absolute atomic E-state index is 0.0270. The molecule has 0 saturated heterocycles. The molecule has 1 aromatic heterocycles. The summed E-state index contributed by atoms with van der Waals surface area (Å²) in [4.78, 5) is 32.1. The van der Waals surface area contributed by atoms with Crippen LogP contribution in [0.2, 0.25) is 0 Å². The first-order valence-electron chi connectivity index (χ1n) is 9.45. The van der Waals surface area contributed by atoms with E-state index in [1.165, 1.54) is 13.3 Å². The van der Waals surface area contributed by atoms with Crippen molar-refractivity contribution in [1.29, 1.82) is 0 Å². The number of nitrogens with zero attached hydrogens (tertiary/aromatic N) is 2. The van der Waals surface area contributed by atoms with E-state index in [1.54, 1.807) is 12.1 Å². The Bertz CT molecular complexity index is 910. The molecular weight excluding hydrogens is 374 g/mol. The molecule has 9 nitrogen and oxygen atoms in total. The van der Waals surface area contributed by atoms with Crippen LogP contribution in [-0.4, -0.2) is 46.1 Å². The molecule has 0 radical (unpaired) electrons. The predicted octanol–water partition coefficient (Wildman–Crippen LogP) is 2.60. The van der Waals surface area contributed by atoms with Crippen LogP contribution in [0.1, 0.15) is 47.2 Å². The molecule has 1 amide bonds. The van der Waals surface area contributed by atoms with E-state index in [2.05, 4.69) is 20.6 Å². The summed E-state index contributed by atoms with van der Waals surface area (Å²) in [5, 5.41) is 14.5. The van der Waals surface area contributed by atoms with Gasteiger partial charge in [-0.25, -0.2) is 9.78 Å². The average Bonchev–Trinajstić information content (AvgIpc) is 2.69. The van der Waals surface area contributed by atoms with Gasteiger partial charge in [0.15, 0.2) is 0 Å². The zero-order valence-electron chi connectivity index (χ0n) is 16.4. The number of hydrogen-bond donors (Lipinski definition) is 4. The fourth-order valence-corrected chi connectivity index (χ4v) is 3.52. The van der Waals surface area contributed by atoms with Crippen LogP contribution < -0.4 is 21.1 Å². The van der Waals surface area contributed by atoms with Crippen molar-refractivity contribution >= 4 is 23.6 Å². The van der Waals surface area contributed by atoms with E-state index < -0.39 is 6.09 Å². The van der Waals surface area contributed by atoms with E-state index in [0.29, 0.717) is 17.3 Å². The van der Waals surface area contributed by atoms with Gasteiger partial charge in [0.05, 0.1) is 18.2 Å². The highest BCUT2D eigenvalue weighted by atomic mass is 16.5. The molecule has 29 heavy (non-hydrogen) atoms. The molecule has 154 valence electrons. The Hall–Kier alpha value is -3.36. The van der Waals surface area contributed by atoms with Gasteiger partial charge in [-0.15, -0.1) is 0 Å². The number of benzene rings is 1. The summed E-state index contributed by atoms with van der Waals surface area (Å²) in [6.45, 7) is 1.89.